The number of carbonyl (C=O) groups excluding carboxylic acids is 1. The number of anilines is 1. The molecule has 5 rings (SSSR count). The molecular formula is C23H26N6O3. The van der Waals surface area contributed by atoms with Crippen LogP contribution in [0.2, 0.25) is 0 Å². The van der Waals surface area contributed by atoms with Crippen molar-refractivity contribution in [3.05, 3.63) is 36.7 Å². The first-order chi connectivity index (χ1) is 15.6. The fourth-order valence-corrected chi connectivity index (χ4v) is 4.21. The van der Waals surface area contributed by atoms with Gasteiger partial charge in [-0.15, -0.1) is 0 Å². The highest BCUT2D eigenvalue weighted by Gasteiger charge is 2.22. The Morgan fingerprint density at radius 3 is 2.97 bits per heavy atom. The van der Waals surface area contributed by atoms with Crippen molar-refractivity contribution in [3.63, 3.8) is 0 Å². The molecule has 9 heteroatoms. The Labute approximate surface area is 185 Å². The summed E-state index contributed by atoms with van der Waals surface area (Å²) in [6.45, 7) is 4.61. The first-order valence-electron chi connectivity index (χ1n) is 11.0. The lowest BCUT2D eigenvalue weighted by molar-refractivity contribution is -0.146. The van der Waals surface area contributed by atoms with Crippen molar-refractivity contribution >= 4 is 33.6 Å². The standard InChI is InChI=1S/C23H26N6O3/c1-3-31-23(30)14(2)28-13-17-21(27-28)16-8-7-15(12-18(16)26-22(17)24)19-9-10-25-29(19)20-6-4-5-11-32-20/h7-10,12-14,20H,3-6,11H2,1-2H3,(H2,24,26). The summed E-state index contributed by atoms with van der Waals surface area (Å²) < 4.78 is 14.6. The molecule has 2 N–H and O–H groups in total. The molecule has 0 spiro atoms. The maximum Gasteiger partial charge on any atom is 0.330 e. The van der Waals surface area contributed by atoms with Crippen molar-refractivity contribution in [2.75, 3.05) is 18.9 Å². The van der Waals surface area contributed by atoms with Crippen LogP contribution in [0.15, 0.2) is 36.7 Å². The second kappa shape index (κ2) is 8.23. The van der Waals surface area contributed by atoms with Gasteiger partial charge in [-0.25, -0.2) is 14.5 Å². The van der Waals surface area contributed by atoms with Gasteiger partial charge in [-0.1, -0.05) is 6.07 Å². The van der Waals surface area contributed by atoms with Gasteiger partial charge in [0.1, 0.15) is 17.4 Å². The Bertz CT molecular complexity index is 1290. The summed E-state index contributed by atoms with van der Waals surface area (Å²) in [5.74, 6) is 0.0349. The molecule has 0 bridgehead atoms. The molecule has 4 heterocycles. The molecule has 0 radical (unpaired) electrons. The van der Waals surface area contributed by atoms with E-state index >= 15 is 0 Å². The molecule has 3 aromatic heterocycles. The number of nitrogens with zero attached hydrogens (tertiary/aromatic N) is 5. The van der Waals surface area contributed by atoms with E-state index in [9.17, 15) is 4.79 Å². The summed E-state index contributed by atoms with van der Waals surface area (Å²) in [5.41, 5.74) is 9.66. The van der Waals surface area contributed by atoms with Crippen molar-refractivity contribution in [2.24, 2.45) is 0 Å². The third kappa shape index (κ3) is 3.48. The third-order valence-electron chi connectivity index (χ3n) is 5.92. The van der Waals surface area contributed by atoms with Crippen LogP contribution in [-0.2, 0) is 14.3 Å². The molecule has 32 heavy (non-hydrogen) atoms. The van der Waals surface area contributed by atoms with Crippen LogP contribution in [0, 0.1) is 0 Å². The number of hydrogen-bond donors (Lipinski definition) is 1. The Hall–Kier alpha value is -3.46. The Morgan fingerprint density at radius 1 is 1.31 bits per heavy atom. The van der Waals surface area contributed by atoms with Crippen molar-refractivity contribution in [2.45, 2.75) is 45.4 Å². The summed E-state index contributed by atoms with van der Waals surface area (Å²) in [5, 5.41) is 10.7. The van der Waals surface area contributed by atoms with Crippen LogP contribution in [0.3, 0.4) is 0 Å². The number of pyridine rings is 1. The zero-order valence-electron chi connectivity index (χ0n) is 18.2. The number of benzene rings is 1. The topological polar surface area (TPSA) is 110 Å². The van der Waals surface area contributed by atoms with Gasteiger partial charge in [0.15, 0.2) is 6.23 Å². The van der Waals surface area contributed by atoms with E-state index in [2.05, 4.69) is 15.2 Å². The van der Waals surface area contributed by atoms with Crippen LogP contribution in [0.1, 0.15) is 45.4 Å². The number of carbonyl (C=O) groups is 1. The second-order valence-corrected chi connectivity index (χ2v) is 8.01. The zero-order chi connectivity index (χ0) is 22.2. The van der Waals surface area contributed by atoms with Crippen molar-refractivity contribution in [1.82, 2.24) is 24.5 Å². The summed E-state index contributed by atoms with van der Waals surface area (Å²) in [6, 6.07) is 7.45. The van der Waals surface area contributed by atoms with Crippen molar-refractivity contribution in [3.8, 4) is 11.3 Å². The highest BCUT2D eigenvalue weighted by atomic mass is 16.5. The number of rotatable bonds is 5. The predicted octanol–water partition coefficient (Wildman–Crippen LogP) is 3.85. The van der Waals surface area contributed by atoms with Crippen LogP contribution in [-0.4, -0.2) is 43.7 Å². The number of ether oxygens (including phenoxy) is 2. The monoisotopic (exact) mass is 434 g/mol. The van der Waals surface area contributed by atoms with Crippen LogP contribution in [0.5, 0.6) is 0 Å². The zero-order valence-corrected chi connectivity index (χ0v) is 18.2. The molecule has 1 saturated heterocycles. The molecular weight excluding hydrogens is 408 g/mol. The number of nitrogens with two attached hydrogens (primary N) is 1. The highest BCUT2D eigenvalue weighted by Crippen LogP contribution is 2.33. The summed E-state index contributed by atoms with van der Waals surface area (Å²) in [7, 11) is 0. The Morgan fingerprint density at radius 2 is 2.19 bits per heavy atom. The molecule has 1 aliphatic rings. The minimum atomic E-state index is -0.555. The van der Waals surface area contributed by atoms with Crippen LogP contribution in [0.25, 0.3) is 33.1 Å². The summed E-state index contributed by atoms with van der Waals surface area (Å²) in [6.07, 6.45) is 6.66. The fourth-order valence-electron chi connectivity index (χ4n) is 4.21. The van der Waals surface area contributed by atoms with Gasteiger partial charge in [-0.3, -0.25) is 4.68 Å². The molecule has 1 aromatic carbocycles. The van der Waals surface area contributed by atoms with Crippen molar-refractivity contribution < 1.29 is 14.3 Å². The van der Waals surface area contributed by atoms with Gasteiger partial charge >= 0.3 is 5.97 Å². The fraction of sp³-hybridized carbons (Fsp3) is 0.391. The van der Waals surface area contributed by atoms with Crippen LogP contribution < -0.4 is 5.73 Å². The van der Waals surface area contributed by atoms with Gasteiger partial charge in [0.2, 0.25) is 0 Å². The third-order valence-corrected chi connectivity index (χ3v) is 5.92. The summed E-state index contributed by atoms with van der Waals surface area (Å²) in [4.78, 5) is 16.8. The molecule has 0 amide bonds. The number of nitrogen functional groups attached to an aromatic ring is 1. The van der Waals surface area contributed by atoms with Gasteiger partial charge in [-0.2, -0.15) is 10.2 Å². The molecule has 0 aliphatic carbocycles. The quantitative estimate of drug-likeness (QED) is 0.475. The summed E-state index contributed by atoms with van der Waals surface area (Å²) >= 11 is 0. The van der Waals surface area contributed by atoms with E-state index < -0.39 is 6.04 Å². The molecule has 0 saturated carbocycles. The largest absolute Gasteiger partial charge is 0.464 e. The Kier molecular flexibility index (Phi) is 5.26. The number of aromatic nitrogens is 5. The molecule has 2 atom stereocenters. The second-order valence-electron chi connectivity index (χ2n) is 8.01. The van der Waals surface area contributed by atoms with Crippen LogP contribution in [0.4, 0.5) is 5.82 Å². The maximum absolute atomic E-state index is 12.2. The first kappa shape index (κ1) is 20.4. The van der Waals surface area contributed by atoms with Gasteiger partial charge in [0.05, 0.1) is 23.2 Å². The van der Waals surface area contributed by atoms with E-state index in [-0.39, 0.29) is 12.2 Å². The average Bonchev–Trinajstić information content (AvgIpc) is 3.47. The molecule has 2 unspecified atom stereocenters. The van der Waals surface area contributed by atoms with Gasteiger partial charge in [0.25, 0.3) is 0 Å². The van der Waals surface area contributed by atoms with Gasteiger partial charge in [0, 0.05) is 30.0 Å². The van der Waals surface area contributed by atoms with Crippen molar-refractivity contribution in [1.29, 1.82) is 0 Å². The van der Waals surface area contributed by atoms with E-state index in [4.69, 9.17) is 15.2 Å². The van der Waals surface area contributed by atoms with Crippen LogP contribution >= 0.6 is 0 Å². The molecule has 166 valence electrons. The van der Waals surface area contributed by atoms with E-state index in [1.165, 1.54) is 0 Å². The average molecular weight is 435 g/mol. The smallest absolute Gasteiger partial charge is 0.330 e. The first-order valence-corrected chi connectivity index (χ1v) is 11.0. The lowest BCUT2D eigenvalue weighted by atomic mass is 10.1. The van der Waals surface area contributed by atoms with E-state index in [1.807, 2.05) is 28.9 Å². The highest BCUT2D eigenvalue weighted by molar-refractivity contribution is 6.08. The minimum absolute atomic E-state index is 0.0509. The number of esters is 1. The number of hydrogen-bond acceptors (Lipinski definition) is 7. The lowest BCUT2D eigenvalue weighted by Crippen LogP contribution is -2.19. The Balaban J connectivity index is 1.56. The molecule has 4 aromatic rings. The SMILES string of the molecule is CCOC(=O)C(C)n1cc2c(N)nc3cc(-c4ccnn4C4CCCCO4)ccc3c2n1. The van der Waals surface area contributed by atoms with Gasteiger partial charge in [-0.05, 0) is 51.3 Å². The van der Waals surface area contributed by atoms with E-state index in [1.54, 1.807) is 30.9 Å². The van der Waals surface area contributed by atoms with E-state index in [0.29, 0.717) is 23.3 Å². The maximum atomic E-state index is 12.2. The van der Waals surface area contributed by atoms with E-state index in [0.717, 1.165) is 48.0 Å². The number of fused-ring (bicyclic) bond motifs is 3. The minimum Gasteiger partial charge on any atom is -0.464 e. The van der Waals surface area contributed by atoms with Gasteiger partial charge < -0.3 is 15.2 Å². The lowest BCUT2D eigenvalue weighted by Gasteiger charge is -2.24. The molecule has 9 nitrogen and oxygen atoms in total. The predicted molar refractivity (Wildman–Crippen MR) is 121 cm³/mol. The molecule has 1 aliphatic heterocycles. The molecule has 1 fully saturated rings. The normalized spacial score (nSPS) is 17.6.